The highest BCUT2D eigenvalue weighted by atomic mass is 32.2. The van der Waals surface area contributed by atoms with Crippen LogP contribution in [0.15, 0.2) is 53.7 Å². The van der Waals surface area contributed by atoms with Gasteiger partial charge < -0.3 is 10.6 Å². The predicted octanol–water partition coefficient (Wildman–Crippen LogP) is 3.60. The first-order chi connectivity index (χ1) is 14.5. The number of hydrogen-bond donors (Lipinski definition) is 2. The molecule has 160 valence electrons. The van der Waals surface area contributed by atoms with Crippen LogP contribution in [0.25, 0.3) is 0 Å². The van der Waals surface area contributed by atoms with Crippen LogP contribution in [0.3, 0.4) is 0 Å². The Hall–Kier alpha value is -2.45. The highest BCUT2D eigenvalue weighted by molar-refractivity contribution is 7.89. The van der Waals surface area contributed by atoms with E-state index in [1.807, 2.05) is 12.1 Å². The Labute approximate surface area is 177 Å². The largest absolute Gasteiger partial charge is 0.334 e. The molecule has 8 heteroatoms. The van der Waals surface area contributed by atoms with E-state index >= 15 is 0 Å². The predicted molar refractivity (Wildman–Crippen MR) is 115 cm³/mol. The van der Waals surface area contributed by atoms with Crippen molar-refractivity contribution in [2.75, 3.05) is 18.4 Å². The highest BCUT2D eigenvalue weighted by Gasteiger charge is 2.36. The second-order valence-corrected chi connectivity index (χ2v) is 10.1. The maximum absolute atomic E-state index is 13.1. The van der Waals surface area contributed by atoms with E-state index in [-0.39, 0.29) is 10.9 Å². The van der Waals surface area contributed by atoms with Gasteiger partial charge in [-0.1, -0.05) is 25.3 Å². The molecule has 2 N–H and O–H groups in total. The Bertz CT molecular complexity index is 964. The van der Waals surface area contributed by atoms with Crippen LogP contribution in [0.2, 0.25) is 0 Å². The van der Waals surface area contributed by atoms with Crippen molar-refractivity contribution < 1.29 is 13.2 Å². The number of amides is 2. The average molecular weight is 429 g/mol. The zero-order chi connectivity index (χ0) is 21.0. The fourth-order valence-electron chi connectivity index (χ4n) is 4.51. The van der Waals surface area contributed by atoms with E-state index in [2.05, 4.69) is 15.6 Å². The summed E-state index contributed by atoms with van der Waals surface area (Å²) in [6.07, 6.45) is 9.18. The summed E-state index contributed by atoms with van der Waals surface area (Å²) in [5.41, 5.74) is 1.44. The molecule has 1 aliphatic heterocycles. The third kappa shape index (κ3) is 4.82. The lowest BCUT2D eigenvalue weighted by molar-refractivity contribution is 0.136. The number of sulfonamides is 1. The Kier molecular flexibility index (Phi) is 6.34. The summed E-state index contributed by atoms with van der Waals surface area (Å²) >= 11 is 0. The van der Waals surface area contributed by atoms with Crippen molar-refractivity contribution in [3.8, 4) is 0 Å². The molecule has 2 heterocycles. The van der Waals surface area contributed by atoms with Gasteiger partial charge in [-0.15, -0.1) is 0 Å². The molecule has 30 heavy (non-hydrogen) atoms. The van der Waals surface area contributed by atoms with Gasteiger partial charge in [0.25, 0.3) is 0 Å². The summed E-state index contributed by atoms with van der Waals surface area (Å²) in [5, 5.41) is 5.48. The van der Waals surface area contributed by atoms with Crippen molar-refractivity contribution in [2.45, 2.75) is 43.5 Å². The highest BCUT2D eigenvalue weighted by Crippen LogP contribution is 2.37. The van der Waals surface area contributed by atoms with Gasteiger partial charge in [0.2, 0.25) is 10.0 Å². The summed E-state index contributed by atoms with van der Waals surface area (Å²) in [7, 11) is -3.51. The van der Waals surface area contributed by atoms with E-state index < -0.39 is 10.0 Å². The van der Waals surface area contributed by atoms with Gasteiger partial charge in [0.1, 0.15) is 0 Å². The summed E-state index contributed by atoms with van der Waals surface area (Å²) in [6, 6.07) is 9.73. The van der Waals surface area contributed by atoms with E-state index in [4.69, 9.17) is 0 Å². The van der Waals surface area contributed by atoms with Crippen LogP contribution in [0.4, 0.5) is 10.5 Å². The first kappa shape index (κ1) is 20.8. The Morgan fingerprint density at radius 3 is 2.57 bits per heavy atom. The molecule has 7 nitrogen and oxygen atoms in total. The summed E-state index contributed by atoms with van der Waals surface area (Å²) < 4.78 is 27.8. The van der Waals surface area contributed by atoms with Gasteiger partial charge in [0.15, 0.2) is 0 Å². The molecule has 1 saturated carbocycles. The molecule has 2 aliphatic rings. The fourth-order valence-corrected chi connectivity index (χ4v) is 6.02. The average Bonchev–Trinajstić information content (AvgIpc) is 2.78. The van der Waals surface area contributed by atoms with Crippen molar-refractivity contribution in [1.29, 1.82) is 0 Å². The Morgan fingerprint density at radius 1 is 1.07 bits per heavy atom. The zero-order valence-electron chi connectivity index (χ0n) is 17.0. The number of carbonyl (C=O) groups is 1. The van der Waals surface area contributed by atoms with E-state index in [1.54, 1.807) is 41.0 Å². The first-order valence-corrected chi connectivity index (χ1v) is 12.0. The number of rotatable bonds is 5. The molecule has 2 aromatic rings. The van der Waals surface area contributed by atoms with E-state index in [1.165, 1.54) is 19.3 Å². The standard InChI is InChI=1S/C22H28N4O3S/c27-22(24-15-17-4-3-12-23-14-17)25-20-7-9-21(10-8-20)30(28,29)26-13-11-18-5-1-2-6-19(18)16-26/h3-4,7-10,12,14,18-19H,1-2,5-6,11,13,15-16H2,(H2,24,25,27)/t18-,19-/m1/s1. The number of aromatic nitrogens is 1. The summed E-state index contributed by atoms with van der Waals surface area (Å²) in [4.78, 5) is 16.4. The van der Waals surface area contributed by atoms with Gasteiger partial charge >= 0.3 is 6.03 Å². The maximum atomic E-state index is 13.1. The third-order valence-electron chi connectivity index (χ3n) is 6.18. The number of anilines is 1. The normalized spacial score (nSPS) is 22.1. The molecule has 2 fully saturated rings. The van der Waals surface area contributed by atoms with Crippen molar-refractivity contribution in [1.82, 2.24) is 14.6 Å². The van der Waals surface area contributed by atoms with Crippen LogP contribution in [0, 0.1) is 11.8 Å². The van der Waals surface area contributed by atoms with Gasteiger partial charge in [-0.05, 0) is 60.6 Å². The van der Waals surface area contributed by atoms with Crippen molar-refractivity contribution in [2.24, 2.45) is 11.8 Å². The number of pyridine rings is 1. The van der Waals surface area contributed by atoms with Crippen LogP contribution >= 0.6 is 0 Å². The summed E-state index contributed by atoms with van der Waals surface area (Å²) in [6.45, 7) is 1.59. The zero-order valence-corrected chi connectivity index (χ0v) is 17.8. The molecule has 1 aromatic heterocycles. The SMILES string of the molecule is O=C(NCc1cccnc1)Nc1ccc(S(=O)(=O)N2CC[C@H]3CCCC[C@@H]3C2)cc1. The number of carbonyl (C=O) groups excluding carboxylic acids is 1. The lowest BCUT2D eigenvalue weighted by atomic mass is 9.76. The van der Waals surface area contributed by atoms with Crippen molar-refractivity contribution in [3.63, 3.8) is 0 Å². The van der Waals surface area contributed by atoms with Gasteiger partial charge in [-0.2, -0.15) is 4.31 Å². The Balaban J connectivity index is 1.34. The number of piperidine rings is 1. The number of nitrogens with one attached hydrogen (secondary N) is 2. The number of benzene rings is 1. The molecule has 0 bridgehead atoms. The smallest absolute Gasteiger partial charge is 0.319 e. The number of nitrogens with zero attached hydrogens (tertiary/aromatic N) is 2. The molecular formula is C22H28N4O3S. The van der Waals surface area contributed by atoms with Gasteiger partial charge in [-0.25, -0.2) is 13.2 Å². The lowest BCUT2D eigenvalue weighted by Gasteiger charge is -2.40. The fraction of sp³-hybridized carbons (Fsp3) is 0.455. The quantitative estimate of drug-likeness (QED) is 0.761. The second-order valence-electron chi connectivity index (χ2n) is 8.15. The van der Waals surface area contributed by atoms with Crippen LogP contribution in [0.1, 0.15) is 37.7 Å². The van der Waals surface area contributed by atoms with Crippen molar-refractivity contribution >= 4 is 21.7 Å². The summed E-state index contributed by atoms with van der Waals surface area (Å²) in [5.74, 6) is 1.17. The van der Waals surface area contributed by atoms with Crippen LogP contribution in [0.5, 0.6) is 0 Å². The third-order valence-corrected chi connectivity index (χ3v) is 8.06. The molecule has 0 radical (unpaired) electrons. The van der Waals surface area contributed by atoms with Gasteiger partial charge in [0, 0.05) is 37.7 Å². The minimum absolute atomic E-state index is 0.276. The first-order valence-electron chi connectivity index (χ1n) is 10.6. The molecule has 2 amide bonds. The van der Waals surface area contributed by atoms with Crippen molar-refractivity contribution in [3.05, 3.63) is 54.4 Å². The molecule has 0 spiro atoms. The van der Waals surface area contributed by atoms with E-state index in [9.17, 15) is 13.2 Å². The number of hydrogen-bond acceptors (Lipinski definition) is 4. The molecule has 2 atom stereocenters. The van der Waals surface area contributed by atoms with Gasteiger partial charge in [-0.3, -0.25) is 4.98 Å². The number of urea groups is 1. The molecular weight excluding hydrogens is 400 g/mol. The van der Waals surface area contributed by atoms with Gasteiger partial charge in [0.05, 0.1) is 4.90 Å². The topological polar surface area (TPSA) is 91.4 Å². The van der Waals surface area contributed by atoms with Crippen LogP contribution < -0.4 is 10.6 Å². The Morgan fingerprint density at radius 2 is 1.83 bits per heavy atom. The molecule has 1 aromatic carbocycles. The molecule has 4 rings (SSSR count). The second kappa shape index (κ2) is 9.14. The molecule has 1 aliphatic carbocycles. The minimum atomic E-state index is -3.51. The minimum Gasteiger partial charge on any atom is -0.334 e. The number of fused-ring (bicyclic) bond motifs is 1. The molecule has 0 unspecified atom stereocenters. The van der Waals surface area contributed by atoms with E-state index in [0.29, 0.717) is 37.2 Å². The monoisotopic (exact) mass is 428 g/mol. The van der Waals surface area contributed by atoms with Crippen LogP contribution in [-0.2, 0) is 16.6 Å². The van der Waals surface area contributed by atoms with E-state index in [0.717, 1.165) is 18.4 Å². The van der Waals surface area contributed by atoms with Crippen LogP contribution in [-0.4, -0.2) is 36.8 Å². The lowest BCUT2D eigenvalue weighted by Crippen LogP contribution is -2.44. The molecule has 1 saturated heterocycles. The maximum Gasteiger partial charge on any atom is 0.319 e.